The average molecular weight is 297 g/mol. The standard InChI is InChI=1S/C17H19N3O2/c1-4-13-17(19-16-8-6-12(18)10-20(13)16)11-5-7-14(21-2)15(9-11)22-3/h5-10H,4,18H2,1-3H3. The highest BCUT2D eigenvalue weighted by Gasteiger charge is 2.15. The van der Waals surface area contributed by atoms with E-state index < -0.39 is 0 Å². The number of ether oxygens (including phenoxy) is 2. The summed E-state index contributed by atoms with van der Waals surface area (Å²) >= 11 is 0. The lowest BCUT2D eigenvalue weighted by Gasteiger charge is -2.09. The minimum absolute atomic E-state index is 0.693. The first-order valence-corrected chi connectivity index (χ1v) is 7.16. The van der Waals surface area contributed by atoms with Crippen molar-refractivity contribution in [1.29, 1.82) is 0 Å². The largest absolute Gasteiger partial charge is 0.493 e. The maximum Gasteiger partial charge on any atom is 0.161 e. The third-order valence-electron chi connectivity index (χ3n) is 3.73. The van der Waals surface area contributed by atoms with E-state index in [1.54, 1.807) is 14.2 Å². The Morgan fingerprint density at radius 3 is 2.55 bits per heavy atom. The molecular weight excluding hydrogens is 278 g/mol. The van der Waals surface area contributed by atoms with E-state index in [1.165, 1.54) is 0 Å². The number of benzene rings is 1. The van der Waals surface area contributed by atoms with E-state index in [2.05, 4.69) is 6.92 Å². The van der Waals surface area contributed by atoms with Crippen LogP contribution in [0.5, 0.6) is 11.5 Å². The van der Waals surface area contributed by atoms with Crippen LogP contribution in [0.1, 0.15) is 12.6 Å². The molecule has 5 nitrogen and oxygen atoms in total. The summed E-state index contributed by atoms with van der Waals surface area (Å²) in [5.41, 5.74) is 10.6. The van der Waals surface area contributed by atoms with Gasteiger partial charge in [-0.15, -0.1) is 0 Å². The van der Waals surface area contributed by atoms with Gasteiger partial charge in [-0.3, -0.25) is 0 Å². The summed E-state index contributed by atoms with van der Waals surface area (Å²) in [4.78, 5) is 4.74. The smallest absolute Gasteiger partial charge is 0.161 e. The van der Waals surface area contributed by atoms with Crippen molar-refractivity contribution in [1.82, 2.24) is 9.38 Å². The highest BCUT2D eigenvalue weighted by molar-refractivity contribution is 5.70. The Morgan fingerprint density at radius 2 is 1.86 bits per heavy atom. The van der Waals surface area contributed by atoms with Gasteiger partial charge in [0, 0.05) is 17.4 Å². The number of anilines is 1. The molecular formula is C17H19N3O2. The monoisotopic (exact) mass is 297 g/mol. The molecule has 2 aromatic heterocycles. The first-order chi connectivity index (χ1) is 10.7. The van der Waals surface area contributed by atoms with Gasteiger partial charge in [0.2, 0.25) is 0 Å². The van der Waals surface area contributed by atoms with Gasteiger partial charge in [-0.05, 0) is 36.8 Å². The van der Waals surface area contributed by atoms with Crippen LogP contribution in [-0.4, -0.2) is 23.6 Å². The van der Waals surface area contributed by atoms with Gasteiger partial charge in [0.15, 0.2) is 11.5 Å². The molecule has 3 aromatic rings. The van der Waals surface area contributed by atoms with E-state index in [-0.39, 0.29) is 0 Å². The van der Waals surface area contributed by atoms with E-state index in [4.69, 9.17) is 20.2 Å². The minimum Gasteiger partial charge on any atom is -0.493 e. The number of fused-ring (bicyclic) bond motifs is 1. The summed E-state index contributed by atoms with van der Waals surface area (Å²) in [6.07, 6.45) is 2.76. The van der Waals surface area contributed by atoms with Gasteiger partial charge < -0.3 is 19.6 Å². The van der Waals surface area contributed by atoms with Crippen molar-refractivity contribution in [3.05, 3.63) is 42.2 Å². The molecule has 0 saturated carbocycles. The van der Waals surface area contributed by atoms with Crippen LogP contribution >= 0.6 is 0 Å². The summed E-state index contributed by atoms with van der Waals surface area (Å²) in [7, 11) is 3.26. The number of hydrogen-bond acceptors (Lipinski definition) is 4. The second kappa shape index (κ2) is 5.60. The first kappa shape index (κ1) is 14.3. The van der Waals surface area contributed by atoms with Crippen molar-refractivity contribution in [3.63, 3.8) is 0 Å². The van der Waals surface area contributed by atoms with Crippen LogP contribution < -0.4 is 15.2 Å². The van der Waals surface area contributed by atoms with E-state index in [1.807, 2.05) is 40.9 Å². The predicted octanol–water partition coefficient (Wildman–Crippen LogP) is 3.16. The molecule has 0 saturated heterocycles. The lowest BCUT2D eigenvalue weighted by molar-refractivity contribution is 0.355. The molecule has 2 heterocycles. The quantitative estimate of drug-likeness (QED) is 0.803. The SMILES string of the molecule is CCc1c(-c2ccc(OC)c(OC)c2)nc2ccc(N)cn12. The van der Waals surface area contributed by atoms with Crippen LogP contribution in [0.3, 0.4) is 0 Å². The second-order valence-electron chi connectivity index (χ2n) is 5.02. The van der Waals surface area contributed by atoms with Gasteiger partial charge in [-0.25, -0.2) is 4.98 Å². The van der Waals surface area contributed by atoms with Crippen molar-refractivity contribution < 1.29 is 9.47 Å². The van der Waals surface area contributed by atoms with Crippen LogP contribution in [0.4, 0.5) is 5.69 Å². The van der Waals surface area contributed by atoms with Crippen LogP contribution in [0.2, 0.25) is 0 Å². The molecule has 0 spiro atoms. The van der Waals surface area contributed by atoms with E-state index in [0.717, 1.165) is 34.7 Å². The summed E-state index contributed by atoms with van der Waals surface area (Å²) in [6.45, 7) is 2.11. The van der Waals surface area contributed by atoms with Gasteiger partial charge in [0.25, 0.3) is 0 Å². The highest BCUT2D eigenvalue weighted by atomic mass is 16.5. The normalized spacial score (nSPS) is 10.9. The molecule has 0 bridgehead atoms. The Morgan fingerprint density at radius 1 is 1.09 bits per heavy atom. The Hall–Kier alpha value is -2.69. The Balaban J connectivity index is 2.21. The topological polar surface area (TPSA) is 61.8 Å². The van der Waals surface area contributed by atoms with Crippen LogP contribution in [0.15, 0.2) is 36.5 Å². The third-order valence-corrected chi connectivity index (χ3v) is 3.73. The lowest BCUT2D eigenvalue weighted by Crippen LogP contribution is -1.95. The Kier molecular flexibility index (Phi) is 3.63. The third kappa shape index (κ3) is 2.24. The summed E-state index contributed by atoms with van der Waals surface area (Å²) < 4.78 is 12.7. The van der Waals surface area contributed by atoms with Crippen molar-refractivity contribution in [2.24, 2.45) is 0 Å². The number of nitrogen functional groups attached to an aromatic ring is 1. The Labute approximate surface area is 129 Å². The zero-order valence-corrected chi connectivity index (χ0v) is 13.0. The van der Waals surface area contributed by atoms with Crippen LogP contribution in [0, 0.1) is 0 Å². The molecule has 0 atom stereocenters. The fourth-order valence-electron chi connectivity index (χ4n) is 2.66. The molecule has 0 amide bonds. The fourth-order valence-corrected chi connectivity index (χ4v) is 2.66. The number of hydrogen-bond donors (Lipinski definition) is 1. The Bertz CT molecular complexity index is 824. The van der Waals surface area contributed by atoms with E-state index >= 15 is 0 Å². The van der Waals surface area contributed by atoms with Crippen molar-refractivity contribution >= 4 is 11.3 Å². The fraction of sp³-hybridized carbons (Fsp3) is 0.235. The summed E-state index contributed by atoms with van der Waals surface area (Å²) in [5, 5.41) is 0. The molecule has 2 N–H and O–H groups in total. The van der Waals surface area contributed by atoms with Gasteiger partial charge in [0.1, 0.15) is 5.65 Å². The van der Waals surface area contributed by atoms with Crippen LogP contribution in [-0.2, 0) is 6.42 Å². The predicted molar refractivity (Wildman–Crippen MR) is 87.5 cm³/mol. The van der Waals surface area contributed by atoms with Crippen molar-refractivity contribution in [2.75, 3.05) is 20.0 Å². The van der Waals surface area contributed by atoms with Crippen molar-refractivity contribution in [2.45, 2.75) is 13.3 Å². The summed E-state index contributed by atoms with van der Waals surface area (Å²) in [5.74, 6) is 1.40. The van der Waals surface area contributed by atoms with Gasteiger partial charge in [-0.1, -0.05) is 6.92 Å². The number of aryl methyl sites for hydroxylation is 1. The number of rotatable bonds is 4. The molecule has 0 fully saturated rings. The van der Waals surface area contributed by atoms with E-state index in [9.17, 15) is 0 Å². The molecule has 0 aliphatic carbocycles. The molecule has 5 heteroatoms. The number of methoxy groups -OCH3 is 2. The molecule has 114 valence electrons. The summed E-state index contributed by atoms with van der Waals surface area (Å²) in [6, 6.07) is 9.62. The molecule has 0 unspecified atom stereocenters. The molecule has 3 rings (SSSR count). The van der Waals surface area contributed by atoms with E-state index in [0.29, 0.717) is 11.5 Å². The lowest BCUT2D eigenvalue weighted by atomic mass is 10.1. The van der Waals surface area contributed by atoms with Crippen LogP contribution in [0.25, 0.3) is 16.9 Å². The molecule has 0 aliphatic heterocycles. The van der Waals surface area contributed by atoms with Gasteiger partial charge in [0.05, 0.1) is 25.6 Å². The average Bonchev–Trinajstić information content (AvgIpc) is 2.91. The number of nitrogens with zero attached hydrogens (tertiary/aromatic N) is 2. The maximum absolute atomic E-state index is 5.89. The number of aromatic nitrogens is 2. The number of pyridine rings is 1. The zero-order valence-electron chi connectivity index (χ0n) is 13.0. The molecule has 1 aromatic carbocycles. The van der Waals surface area contributed by atoms with Gasteiger partial charge in [-0.2, -0.15) is 0 Å². The first-order valence-electron chi connectivity index (χ1n) is 7.16. The molecule has 0 radical (unpaired) electrons. The second-order valence-corrected chi connectivity index (χ2v) is 5.02. The van der Waals surface area contributed by atoms with Gasteiger partial charge >= 0.3 is 0 Å². The van der Waals surface area contributed by atoms with Crippen molar-refractivity contribution in [3.8, 4) is 22.8 Å². The number of imidazole rings is 1. The zero-order chi connectivity index (χ0) is 15.7. The highest BCUT2D eigenvalue weighted by Crippen LogP contribution is 2.33. The molecule has 22 heavy (non-hydrogen) atoms. The minimum atomic E-state index is 0.693. The number of nitrogens with two attached hydrogens (primary N) is 1. The maximum atomic E-state index is 5.89. The molecule has 0 aliphatic rings.